The number of nitrogens with zero attached hydrogens (tertiary/aromatic N) is 1. The number of hydrogen-bond donors (Lipinski definition) is 0. The molecular weight excluding hydrogens is 505 g/mol. The summed E-state index contributed by atoms with van der Waals surface area (Å²) in [5.74, 6) is -0.355. The lowest BCUT2D eigenvalue weighted by molar-refractivity contribution is 0.0984. The van der Waals surface area contributed by atoms with E-state index in [0.29, 0.717) is 23.3 Å². The van der Waals surface area contributed by atoms with E-state index < -0.39 is 8.32 Å². The van der Waals surface area contributed by atoms with Gasteiger partial charge >= 0.3 is 0 Å². The Morgan fingerprint density at radius 2 is 1.91 bits per heavy atom. The summed E-state index contributed by atoms with van der Waals surface area (Å²) in [7, 11) is -2.00. The molecule has 2 aromatic rings. The van der Waals surface area contributed by atoms with Crippen molar-refractivity contribution >= 4 is 47.2 Å². The van der Waals surface area contributed by atoms with Crippen LogP contribution in [0.4, 0.5) is 10.1 Å². The summed E-state index contributed by atoms with van der Waals surface area (Å²) in [5.41, 5.74) is 4.37. The lowest BCUT2D eigenvalue weighted by Crippen LogP contribution is -2.41. The van der Waals surface area contributed by atoms with Gasteiger partial charge in [-0.1, -0.05) is 50.5 Å². The minimum atomic E-state index is -2.00. The fraction of sp³-hybridized carbons (Fsp3) is 0.560. The normalized spacial score (nSPS) is 18.2. The molecule has 0 radical (unpaired) electrons. The topological polar surface area (TPSA) is 29.5 Å². The van der Waals surface area contributed by atoms with Gasteiger partial charge in [-0.15, -0.1) is 11.3 Å². The Morgan fingerprint density at radius 1 is 1.22 bits per heavy atom. The van der Waals surface area contributed by atoms with Crippen LogP contribution in [0.5, 0.6) is 0 Å². The highest BCUT2D eigenvalue weighted by atomic mass is 79.9. The number of carbonyl (C=O) groups is 1. The summed E-state index contributed by atoms with van der Waals surface area (Å²) < 4.78 is 21.6. The zero-order valence-corrected chi connectivity index (χ0v) is 23.5. The van der Waals surface area contributed by atoms with E-state index in [1.54, 1.807) is 16.2 Å². The van der Waals surface area contributed by atoms with Gasteiger partial charge in [-0.3, -0.25) is 4.79 Å². The maximum atomic E-state index is 14.5. The van der Waals surface area contributed by atoms with Crippen LogP contribution in [0.15, 0.2) is 16.6 Å². The van der Waals surface area contributed by atoms with Crippen LogP contribution < -0.4 is 4.90 Å². The van der Waals surface area contributed by atoms with E-state index in [1.807, 2.05) is 0 Å². The molecule has 1 aromatic carbocycles. The molecule has 1 amide bonds. The maximum Gasteiger partial charge on any atom is 0.268 e. The van der Waals surface area contributed by atoms with Gasteiger partial charge in [-0.05, 0) is 66.1 Å². The van der Waals surface area contributed by atoms with Gasteiger partial charge < -0.3 is 9.33 Å². The molecule has 3 nitrogen and oxygen atoms in total. The minimum Gasteiger partial charge on any atom is -0.412 e. The molecule has 1 aliphatic heterocycles. The Kier molecular flexibility index (Phi) is 6.05. The molecule has 2 aliphatic rings. The molecule has 0 bridgehead atoms. The molecule has 0 spiro atoms. The summed E-state index contributed by atoms with van der Waals surface area (Å²) >= 11 is 5.19. The monoisotopic (exact) mass is 537 g/mol. The molecule has 1 aromatic heterocycles. The van der Waals surface area contributed by atoms with Crippen molar-refractivity contribution in [3.8, 4) is 0 Å². The van der Waals surface area contributed by atoms with Crippen molar-refractivity contribution in [1.29, 1.82) is 0 Å². The first-order valence-corrected chi connectivity index (χ1v) is 15.8. The van der Waals surface area contributed by atoms with E-state index in [1.165, 1.54) is 28.1 Å². The SMILES string of the molecule is CC1(C)Cc2sc3c(c2C1)CCN(c1cc(F)cc(Br)c1CO[Si](C)(C)C(C)(C)C)C3=O. The van der Waals surface area contributed by atoms with Crippen molar-refractivity contribution in [1.82, 2.24) is 0 Å². The first kappa shape index (κ1) is 24.1. The predicted molar refractivity (Wildman–Crippen MR) is 137 cm³/mol. The van der Waals surface area contributed by atoms with Crippen LogP contribution in [0.1, 0.15) is 65.9 Å². The van der Waals surface area contributed by atoms with E-state index in [0.717, 1.165) is 29.7 Å². The Hall–Kier alpha value is -1.02. The molecule has 0 saturated carbocycles. The third-order valence-electron chi connectivity index (χ3n) is 7.33. The first-order valence-electron chi connectivity index (χ1n) is 11.3. The van der Waals surface area contributed by atoms with Crippen molar-refractivity contribution < 1.29 is 13.6 Å². The maximum absolute atomic E-state index is 14.5. The van der Waals surface area contributed by atoms with Gasteiger partial charge in [0.25, 0.3) is 5.91 Å². The number of amides is 1. The zero-order valence-electron chi connectivity index (χ0n) is 20.1. The number of anilines is 1. The van der Waals surface area contributed by atoms with Gasteiger partial charge in [0, 0.05) is 21.5 Å². The van der Waals surface area contributed by atoms with Gasteiger partial charge in [-0.2, -0.15) is 0 Å². The summed E-state index contributed by atoms with van der Waals surface area (Å²) in [6, 6.07) is 2.96. The Bertz CT molecular complexity index is 1090. The van der Waals surface area contributed by atoms with E-state index in [-0.39, 0.29) is 22.2 Å². The molecule has 0 fully saturated rings. The van der Waals surface area contributed by atoms with Gasteiger partial charge in [-0.25, -0.2) is 4.39 Å². The molecule has 0 saturated heterocycles. The third kappa shape index (κ3) is 4.26. The minimum absolute atomic E-state index is 0.00506. The Labute approximate surface area is 204 Å². The smallest absolute Gasteiger partial charge is 0.268 e. The lowest BCUT2D eigenvalue weighted by Gasteiger charge is -2.37. The molecule has 0 atom stereocenters. The van der Waals surface area contributed by atoms with Crippen LogP contribution in [-0.2, 0) is 30.3 Å². The number of benzene rings is 1. The fourth-order valence-electron chi connectivity index (χ4n) is 4.43. The molecule has 0 unspecified atom stereocenters. The fourth-order valence-corrected chi connectivity index (χ4v) is 7.48. The average Bonchev–Trinajstić information content (AvgIpc) is 3.12. The van der Waals surface area contributed by atoms with E-state index in [4.69, 9.17) is 4.43 Å². The van der Waals surface area contributed by atoms with Crippen molar-refractivity contribution in [2.75, 3.05) is 11.4 Å². The van der Waals surface area contributed by atoms with Crippen LogP contribution >= 0.6 is 27.3 Å². The van der Waals surface area contributed by atoms with Crippen LogP contribution in [0, 0.1) is 11.2 Å². The van der Waals surface area contributed by atoms with Gasteiger partial charge in [0.05, 0.1) is 17.2 Å². The molecule has 2 heterocycles. The molecule has 32 heavy (non-hydrogen) atoms. The second-order valence-electron chi connectivity index (χ2n) is 11.5. The molecule has 174 valence electrons. The highest BCUT2D eigenvalue weighted by molar-refractivity contribution is 9.10. The van der Waals surface area contributed by atoms with Crippen molar-refractivity contribution in [3.05, 3.63) is 48.9 Å². The van der Waals surface area contributed by atoms with Crippen LogP contribution in [0.25, 0.3) is 0 Å². The molecule has 0 N–H and O–H groups in total. The summed E-state index contributed by atoms with van der Waals surface area (Å²) in [5, 5.41) is 0.0703. The van der Waals surface area contributed by atoms with Gasteiger partial charge in [0.2, 0.25) is 0 Å². The highest BCUT2D eigenvalue weighted by Crippen LogP contribution is 2.46. The van der Waals surface area contributed by atoms with Crippen molar-refractivity contribution in [2.24, 2.45) is 5.41 Å². The average molecular weight is 539 g/mol. The number of carbonyl (C=O) groups excluding carboxylic acids is 1. The van der Waals surface area contributed by atoms with Crippen molar-refractivity contribution in [2.45, 2.75) is 78.6 Å². The van der Waals surface area contributed by atoms with Gasteiger partial charge in [0.1, 0.15) is 5.82 Å². The number of thiophene rings is 1. The number of rotatable bonds is 4. The molecule has 7 heteroatoms. The second-order valence-corrected chi connectivity index (χ2v) is 18.2. The van der Waals surface area contributed by atoms with Crippen LogP contribution in [0.2, 0.25) is 18.1 Å². The molecule has 4 rings (SSSR count). The summed E-state index contributed by atoms with van der Waals surface area (Å²) in [6.45, 7) is 16.5. The Morgan fingerprint density at radius 3 is 2.56 bits per heavy atom. The zero-order chi connectivity index (χ0) is 23.6. The van der Waals surface area contributed by atoms with E-state index in [9.17, 15) is 9.18 Å². The second kappa shape index (κ2) is 8.03. The standard InChI is InChI=1S/C25H33BrFNO2SSi/c1-24(2,3)32(6,7)30-14-18-19(26)10-15(27)11-20(18)28-9-8-16-17-12-25(4,5)13-21(17)31-22(16)23(28)29/h10-11H,8-9,12-14H2,1-7H3. The highest BCUT2D eigenvalue weighted by Gasteiger charge is 2.40. The quantitative estimate of drug-likeness (QED) is 0.377. The number of hydrogen-bond acceptors (Lipinski definition) is 3. The van der Waals surface area contributed by atoms with Crippen LogP contribution in [0.3, 0.4) is 0 Å². The first-order chi connectivity index (χ1) is 14.7. The Balaban J connectivity index is 1.67. The predicted octanol–water partition coefficient (Wildman–Crippen LogP) is 7.50. The largest absolute Gasteiger partial charge is 0.412 e. The summed E-state index contributed by atoms with van der Waals surface area (Å²) in [4.78, 5) is 17.5. The van der Waals surface area contributed by atoms with E-state index >= 15 is 0 Å². The summed E-state index contributed by atoms with van der Waals surface area (Å²) in [6.07, 6.45) is 2.89. The lowest BCUT2D eigenvalue weighted by atomic mass is 9.89. The van der Waals surface area contributed by atoms with Crippen molar-refractivity contribution in [3.63, 3.8) is 0 Å². The molecule has 1 aliphatic carbocycles. The third-order valence-corrected chi connectivity index (χ3v) is 13.8. The van der Waals surface area contributed by atoms with E-state index in [2.05, 4.69) is 63.6 Å². The molecular formula is C25H33BrFNO2SSi. The number of halogens is 2. The van der Waals surface area contributed by atoms with Crippen LogP contribution in [-0.4, -0.2) is 20.8 Å². The van der Waals surface area contributed by atoms with Gasteiger partial charge in [0.15, 0.2) is 8.32 Å². The number of fused-ring (bicyclic) bond motifs is 3.